The molecule has 8 nitrogen and oxygen atoms in total. The Hall–Kier alpha value is -3.14. The highest BCUT2D eigenvalue weighted by molar-refractivity contribution is 8.16. The Balaban J connectivity index is 1.64. The Labute approximate surface area is 227 Å². The zero-order valence-corrected chi connectivity index (χ0v) is 23.2. The fraction of sp³-hybridized carbons (Fsp3) is 0.500. The Bertz CT molecular complexity index is 1190. The molecule has 0 N–H and O–H groups in total. The molecule has 1 fully saturated rings. The first kappa shape index (κ1) is 27.9. The van der Waals surface area contributed by atoms with E-state index in [2.05, 4.69) is 0 Å². The zero-order chi connectivity index (χ0) is 27.4. The zero-order valence-electron chi connectivity index (χ0n) is 22.4. The van der Waals surface area contributed by atoms with Crippen LogP contribution in [0.1, 0.15) is 58.6 Å². The third-order valence-electron chi connectivity index (χ3n) is 7.21. The Kier molecular flexibility index (Phi) is 8.91. The number of likely N-dealkylation sites (tertiary alicyclic amines) is 1. The Morgan fingerprint density at radius 1 is 1.18 bits per heavy atom. The monoisotopic (exact) mass is 542 g/mol. The highest BCUT2D eigenvalue weighted by Crippen LogP contribution is 2.45. The number of rotatable bonds is 8. The summed E-state index contributed by atoms with van der Waals surface area (Å²) in [5.74, 6) is -1.35. The number of carbonyl (C=O) groups is 3. The molecule has 4 rings (SSSR count). The number of fused-ring (bicyclic) bond motifs is 1. The van der Waals surface area contributed by atoms with Gasteiger partial charge in [0.15, 0.2) is 5.17 Å². The highest BCUT2D eigenvalue weighted by Gasteiger charge is 2.43. The number of amidine groups is 1. The van der Waals surface area contributed by atoms with E-state index in [1.165, 1.54) is 17.8 Å². The van der Waals surface area contributed by atoms with Gasteiger partial charge in [-0.1, -0.05) is 30.0 Å². The van der Waals surface area contributed by atoms with Crippen LogP contribution in [0.2, 0.25) is 0 Å². The van der Waals surface area contributed by atoms with Crippen molar-refractivity contribution < 1.29 is 23.5 Å². The van der Waals surface area contributed by atoms with E-state index < -0.39 is 11.9 Å². The van der Waals surface area contributed by atoms with Crippen molar-refractivity contribution in [3.8, 4) is 0 Å². The molecular weight excluding hydrogens is 507 g/mol. The minimum Gasteiger partial charge on any atom is -0.466 e. The van der Waals surface area contributed by atoms with Crippen molar-refractivity contribution in [3.05, 3.63) is 58.0 Å². The molecular formula is C28H35FN4O4S. The lowest BCUT2D eigenvalue weighted by atomic mass is 9.92. The lowest BCUT2D eigenvalue weighted by molar-refractivity contribution is -0.151. The molecule has 3 aliphatic heterocycles. The minimum atomic E-state index is -0.750. The fourth-order valence-electron chi connectivity index (χ4n) is 5.24. The number of hydrogen-bond donors (Lipinski definition) is 0. The molecule has 1 aromatic carbocycles. The first-order chi connectivity index (χ1) is 18.3. The lowest BCUT2D eigenvalue weighted by Crippen LogP contribution is -2.44. The van der Waals surface area contributed by atoms with E-state index in [1.807, 2.05) is 24.2 Å². The summed E-state index contributed by atoms with van der Waals surface area (Å²) < 4.78 is 20.4. The van der Waals surface area contributed by atoms with Gasteiger partial charge in [-0.15, -0.1) is 0 Å². The van der Waals surface area contributed by atoms with Crippen molar-refractivity contribution in [1.82, 2.24) is 14.7 Å². The second kappa shape index (κ2) is 12.1. The molecule has 2 atom stereocenters. The van der Waals surface area contributed by atoms with Gasteiger partial charge in [-0.05, 0) is 52.0 Å². The van der Waals surface area contributed by atoms with E-state index in [1.54, 1.807) is 41.8 Å². The minimum absolute atomic E-state index is 0.0539. The molecule has 10 heteroatoms. The molecule has 1 saturated heterocycles. The number of ether oxygens (including phenoxy) is 1. The summed E-state index contributed by atoms with van der Waals surface area (Å²) in [5, 5.41) is 2.47. The van der Waals surface area contributed by atoms with Crippen LogP contribution < -0.4 is 0 Å². The molecule has 3 heterocycles. The van der Waals surface area contributed by atoms with Crippen LogP contribution in [0.25, 0.3) is 0 Å². The number of thioether (sulfide) groups is 1. The van der Waals surface area contributed by atoms with Gasteiger partial charge in [0.25, 0.3) is 5.91 Å². The smallest absolute Gasteiger partial charge is 0.310 e. The largest absolute Gasteiger partial charge is 0.466 e. The van der Waals surface area contributed by atoms with E-state index in [-0.39, 0.29) is 30.1 Å². The van der Waals surface area contributed by atoms with E-state index in [0.29, 0.717) is 66.9 Å². The third-order valence-corrected chi connectivity index (χ3v) is 8.10. The molecule has 0 spiro atoms. The molecule has 0 bridgehead atoms. The molecule has 0 aromatic heterocycles. The third kappa shape index (κ3) is 5.50. The van der Waals surface area contributed by atoms with Gasteiger partial charge >= 0.3 is 5.97 Å². The summed E-state index contributed by atoms with van der Waals surface area (Å²) in [6, 6.07) is 5.69. The van der Waals surface area contributed by atoms with E-state index >= 15 is 4.39 Å². The van der Waals surface area contributed by atoms with Crippen LogP contribution in [0.4, 0.5) is 4.39 Å². The summed E-state index contributed by atoms with van der Waals surface area (Å²) in [4.78, 5) is 49.4. The van der Waals surface area contributed by atoms with Crippen molar-refractivity contribution in [2.75, 3.05) is 32.8 Å². The normalized spacial score (nSPS) is 21.1. The summed E-state index contributed by atoms with van der Waals surface area (Å²) in [7, 11) is 0. The van der Waals surface area contributed by atoms with Gasteiger partial charge in [-0.2, -0.15) is 0 Å². The van der Waals surface area contributed by atoms with Crippen LogP contribution in [-0.4, -0.2) is 70.4 Å². The number of halogens is 1. The van der Waals surface area contributed by atoms with Gasteiger partial charge in [0.1, 0.15) is 5.82 Å². The molecule has 2 amide bonds. The predicted octanol–water partition coefficient (Wildman–Crippen LogP) is 4.46. The van der Waals surface area contributed by atoms with Crippen LogP contribution >= 0.6 is 11.8 Å². The average Bonchev–Trinajstić information content (AvgIpc) is 3.30. The highest BCUT2D eigenvalue weighted by atomic mass is 32.2. The van der Waals surface area contributed by atoms with Crippen LogP contribution in [0.5, 0.6) is 0 Å². The number of hydrogen-bond acceptors (Lipinski definition) is 7. The molecule has 38 heavy (non-hydrogen) atoms. The van der Waals surface area contributed by atoms with E-state index in [9.17, 15) is 14.4 Å². The standard InChI is InChI=1S/C28H35FN4O4S/c1-5-31(6-2)26(35)24-18(4)30-28-33(25(24)21-12-8-9-13-22(21)29)20(17-38-28)15-23(34)32-14-10-11-19(16-32)27(36)37-7-3/h8-9,12-13,17,19,25H,5-7,10-11,14-16H2,1-4H3/t19-,25-/m1/s1. The molecule has 0 aliphatic carbocycles. The second-order valence-corrected chi connectivity index (χ2v) is 10.3. The van der Waals surface area contributed by atoms with Crippen molar-refractivity contribution in [3.63, 3.8) is 0 Å². The molecule has 1 aromatic rings. The van der Waals surface area contributed by atoms with Gasteiger partial charge in [0.2, 0.25) is 5.91 Å². The average molecular weight is 543 g/mol. The topological polar surface area (TPSA) is 82.5 Å². The predicted molar refractivity (Wildman–Crippen MR) is 145 cm³/mol. The first-order valence-corrected chi connectivity index (χ1v) is 14.1. The van der Waals surface area contributed by atoms with Gasteiger partial charge in [0, 0.05) is 37.4 Å². The van der Waals surface area contributed by atoms with Crippen LogP contribution in [0.15, 0.2) is 51.6 Å². The number of piperidine rings is 1. The van der Waals surface area contributed by atoms with Crippen molar-refractivity contribution in [2.45, 2.75) is 53.0 Å². The molecule has 3 aliphatic rings. The van der Waals surface area contributed by atoms with Crippen LogP contribution in [0.3, 0.4) is 0 Å². The van der Waals surface area contributed by atoms with Crippen LogP contribution in [-0.2, 0) is 19.1 Å². The van der Waals surface area contributed by atoms with Gasteiger partial charge in [-0.25, -0.2) is 9.38 Å². The number of likely N-dealkylation sites (N-methyl/N-ethyl adjacent to an activating group) is 1. The van der Waals surface area contributed by atoms with Crippen molar-refractivity contribution in [2.24, 2.45) is 10.9 Å². The van der Waals surface area contributed by atoms with Crippen LogP contribution in [0, 0.1) is 11.7 Å². The number of carbonyl (C=O) groups excluding carboxylic acids is 3. The number of allylic oxidation sites excluding steroid dienone is 1. The number of benzene rings is 1. The molecule has 204 valence electrons. The molecule has 0 unspecified atom stereocenters. The van der Waals surface area contributed by atoms with Gasteiger partial charge in [0.05, 0.1) is 36.3 Å². The summed E-state index contributed by atoms with van der Waals surface area (Å²) in [6.45, 7) is 9.59. The van der Waals surface area contributed by atoms with Gasteiger partial charge < -0.3 is 19.4 Å². The first-order valence-electron chi connectivity index (χ1n) is 13.2. The maximum atomic E-state index is 15.3. The molecule has 0 radical (unpaired) electrons. The number of aliphatic imine (C=N–C) groups is 1. The summed E-state index contributed by atoms with van der Waals surface area (Å²) in [6.07, 6.45) is 1.47. The maximum Gasteiger partial charge on any atom is 0.310 e. The van der Waals surface area contributed by atoms with E-state index in [4.69, 9.17) is 9.73 Å². The molecule has 0 saturated carbocycles. The Morgan fingerprint density at radius 2 is 1.92 bits per heavy atom. The maximum absolute atomic E-state index is 15.3. The summed E-state index contributed by atoms with van der Waals surface area (Å²) >= 11 is 1.36. The SMILES string of the molecule is CCOC(=O)[C@@H]1CCCN(C(=O)CC2=CSC3=NC(C)=C(C(=O)N(CC)CC)[C@@H](c4ccccc4F)N23)C1. The number of amides is 2. The summed E-state index contributed by atoms with van der Waals surface area (Å²) in [5.41, 5.74) is 1.96. The van der Waals surface area contributed by atoms with Crippen molar-refractivity contribution >= 4 is 34.7 Å². The lowest BCUT2D eigenvalue weighted by Gasteiger charge is -2.38. The van der Waals surface area contributed by atoms with Gasteiger partial charge in [-0.3, -0.25) is 14.4 Å². The number of nitrogens with zero attached hydrogens (tertiary/aromatic N) is 4. The number of esters is 1. The van der Waals surface area contributed by atoms with E-state index in [0.717, 1.165) is 6.42 Å². The van der Waals surface area contributed by atoms with Crippen molar-refractivity contribution in [1.29, 1.82) is 0 Å². The fourth-order valence-corrected chi connectivity index (χ4v) is 6.20. The second-order valence-electron chi connectivity index (χ2n) is 9.50. The Morgan fingerprint density at radius 3 is 2.61 bits per heavy atom. The quantitative estimate of drug-likeness (QED) is 0.451.